The molecular weight excluding hydrogens is 234 g/mol. The lowest BCUT2D eigenvalue weighted by atomic mass is 9.89. The number of hydrogen-bond donors (Lipinski definition) is 1. The van der Waals surface area contributed by atoms with Crippen molar-refractivity contribution in [3.8, 4) is 0 Å². The molecular formula is C17H37NO. The molecule has 1 N–H and O–H groups in total. The van der Waals surface area contributed by atoms with E-state index in [2.05, 4.69) is 46.9 Å². The second-order valence-electron chi connectivity index (χ2n) is 8.19. The first-order chi connectivity index (χ1) is 8.64. The molecule has 0 fully saturated rings. The van der Waals surface area contributed by atoms with Gasteiger partial charge in [-0.1, -0.05) is 48.0 Å². The monoisotopic (exact) mass is 271 g/mol. The lowest BCUT2D eigenvalue weighted by Crippen LogP contribution is -2.28. The zero-order valence-electron chi connectivity index (χ0n) is 14.4. The van der Waals surface area contributed by atoms with Gasteiger partial charge < -0.3 is 10.1 Å². The van der Waals surface area contributed by atoms with Crippen molar-refractivity contribution in [1.29, 1.82) is 0 Å². The first-order valence-corrected chi connectivity index (χ1v) is 7.87. The van der Waals surface area contributed by atoms with Crippen LogP contribution in [0.25, 0.3) is 0 Å². The summed E-state index contributed by atoms with van der Waals surface area (Å²) in [5.74, 6) is 0. The van der Waals surface area contributed by atoms with Crippen molar-refractivity contribution >= 4 is 0 Å². The fourth-order valence-electron chi connectivity index (χ4n) is 2.16. The molecule has 0 bridgehead atoms. The number of methoxy groups -OCH3 is 1. The summed E-state index contributed by atoms with van der Waals surface area (Å²) in [5, 5.41) is 3.53. The maximum Gasteiger partial charge on any atom is 0.0571 e. The molecule has 0 aromatic carbocycles. The highest BCUT2D eigenvalue weighted by molar-refractivity contribution is 4.67. The van der Waals surface area contributed by atoms with E-state index in [1.54, 1.807) is 0 Å². The number of ether oxygens (including phenoxy) is 1. The Morgan fingerprint density at radius 1 is 0.895 bits per heavy atom. The lowest BCUT2D eigenvalue weighted by Gasteiger charge is -2.21. The Balaban J connectivity index is 3.60. The van der Waals surface area contributed by atoms with Crippen molar-refractivity contribution in [2.24, 2.45) is 10.8 Å². The molecule has 0 aliphatic rings. The fourth-order valence-corrected chi connectivity index (χ4v) is 2.16. The van der Waals surface area contributed by atoms with Gasteiger partial charge in [0.15, 0.2) is 0 Å². The molecule has 0 unspecified atom stereocenters. The van der Waals surface area contributed by atoms with Gasteiger partial charge in [0.05, 0.1) is 6.10 Å². The second-order valence-corrected chi connectivity index (χ2v) is 8.19. The molecule has 0 aliphatic carbocycles. The van der Waals surface area contributed by atoms with Crippen LogP contribution in [-0.4, -0.2) is 26.3 Å². The van der Waals surface area contributed by atoms with Gasteiger partial charge in [-0.3, -0.25) is 0 Å². The Morgan fingerprint density at radius 2 is 1.47 bits per heavy atom. The van der Waals surface area contributed by atoms with E-state index < -0.39 is 0 Å². The van der Waals surface area contributed by atoms with Crippen LogP contribution in [0.5, 0.6) is 0 Å². The van der Waals surface area contributed by atoms with Crippen LogP contribution in [0.15, 0.2) is 0 Å². The summed E-state index contributed by atoms with van der Waals surface area (Å²) >= 11 is 0. The standard InChI is InChI=1S/C17H37NO/c1-16(2,3)12-8-10-15(19-7)11-9-13-18-14-17(4,5)6/h15,18H,8-14H2,1-7H3/t15-/m1/s1. The summed E-state index contributed by atoms with van der Waals surface area (Å²) in [7, 11) is 1.85. The maximum absolute atomic E-state index is 5.58. The van der Waals surface area contributed by atoms with Crippen molar-refractivity contribution in [1.82, 2.24) is 5.32 Å². The van der Waals surface area contributed by atoms with Crippen LogP contribution in [0, 0.1) is 10.8 Å². The fraction of sp³-hybridized carbons (Fsp3) is 1.00. The van der Waals surface area contributed by atoms with Gasteiger partial charge in [-0.15, -0.1) is 0 Å². The SMILES string of the molecule is CO[C@@H](CCCNCC(C)(C)C)CCCC(C)(C)C. The minimum absolute atomic E-state index is 0.382. The van der Waals surface area contributed by atoms with Gasteiger partial charge in [-0.25, -0.2) is 0 Å². The topological polar surface area (TPSA) is 21.3 Å². The molecule has 116 valence electrons. The molecule has 0 saturated heterocycles. The van der Waals surface area contributed by atoms with Gasteiger partial charge >= 0.3 is 0 Å². The molecule has 0 saturated carbocycles. The van der Waals surface area contributed by atoms with E-state index in [4.69, 9.17) is 4.74 Å². The Kier molecular flexibility index (Phi) is 8.93. The van der Waals surface area contributed by atoms with Crippen LogP contribution in [0.2, 0.25) is 0 Å². The highest BCUT2D eigenvalue weighted by Gasteiger charge is 2.13. The summed E-state index contributed by atoms with van der Waals surface area (Å²) in [6.07, 6.45) is 6.60. The molecule has 0 aromatic rings. The second kappa shape index (κ2) is 8.97. The van der Waals surface area contributed by atoms with Crippen molar-refractivity contribution in [2.45, 2.75) is 79.8 Å². The molecule has 2 heteroatoms. The van der Waals surface area contributed by atoms with Gasteiger partial charge in [-0.2, -0.15) is 0 Å². The summed E-state index contributed by atoms with van der Waals surface area (Å²) in [6, 6.07) is 0. The van der Waals surface area contributed by atoms with Crippen molar-refractivity contribution in [3.05, 3.63) is 0 Å². The van der Waals surface area contributed by atoms with Crippen LogP contribution in [-0.2, 0) is 4.74 Å². The summed E-state index contributed by atoms with van der Waals surface area (Å²) in [5.41, 5.74) is 0.833. The Hall–Kier alpha value is -0.0800. The zero-order chi connectivity index (χ0) is 14.9. The Bertz CT molecular complexity index is 212. The normalized spacial score (nSPS) is 14.7. The molecule has 19 heavy (non-hydrogen) atoms. The predicted octanol–water partition coefficient (Wildman–Crippen LogP) is 4.63. The van der Waals surface area contributed by atoms with Crippen molar-refractivity contribution in [3.63, 3.8) is 0 Å². The molecule has 0 amide bonds. The maximum atomic E-state index is 5.58. The van der Waals surface area contributed by atoms with E-state index in [1.165, 1.54) is 32.1 Å². The molecule has 0 heterocycles. The van der Waals surface area contributed by atoms with E-state index in [-0.39, 0.29) is 0 Å². The Morgan fingerprint density at radius 3 is 1.95 bits per heavy atom. The Labute approximate surface area is 121 Å². The quantitative estimate of drug-likeness (QED) is 0.617. The minimum atomic E-state index is 0.382. The molecule has 0 spiro atoms. The molecule has 0 radical (unpaired) electrons. The average molecular weight is 271 g/mol. The molecule has 0 aromatic heterocycles. The van der Waals surface area contributed by atoms with Crippen LogP contribution < -0.4 is 5.32 Å². The minimum Gasteiger partial charge on any atom is -0.381 e. The van der Waals surface area contributed by atoms with E-state index in [9.17, 15) is 0 Å². The van der Waals surface area contributed by atoms with Gasteiger partial charge in [-0.05, 0) is 49.6 Å². The first-order valence-electron chi connectivity index (χ1n) is 7.87. The van der Waals surface area contributed by atoms with Crippen molar-refractivity contribution in [2.75, 3.05) is 20.2 Å². The van der Waals surface area contributed by atoms with E-state index >= 15 is 0 Å². The van der Waals surface area contributed by atoms with Gasteiger partial charge in [0.1, 0.15) is 0 Å². The van der Waals surface area contributed by atoms with Gasteiger partial charge in [0.25, 0.3) is 0 Å². The largest absolute Gasteiger partial charge is 0.381 e. The average Bonchev–Trinajstić information content (AvgIpc) is 2.23. The highest BCUT2D eigenvalue weighted by atomic mass is 16.5. The summed E-state index contributed by atoms with van der Waals surface area (Å²) < 4.78 is 5.58. The van der Waals surface area contributed by atoms with E-state index in [1.807, 2.05) is 7.11 Å². The van der Waals surface area contributed by atoms with Gasteiger partial charge in [0, 0.05) is 7.11 Å². The summed E-state index contributed by atoms with van der Waals surface area (Å²) in [6.45, 7) is 15.9. The zero-order valence-corrected chi connectivity index (χ0v) is 14.4. The van der Waals surface area contributed by atoms with Crippen LogP contribution in [0.3, 0.4) is 0 Å². The van der Waals surface area contributed by atoms with E-state index in [0.717, 1.165) is 13.1 Å². The summed E-state index contributed by atoms with van der Waals surface area (Å²) in [4.78, 5) is 0. The van der Waals surface area contributed by atoms with Crippen molar-refractivity contribution < 1.29 is 4.74 Å². The smallest absolute Gasteiger partial charge is 0.0571 e. The third-order valence-electron chi connectivity index (χ3n) is 3.32. The molecule has 1 atom stereocenters. The van der Waals surface area contributed by atoms with Gasteiger partial charge in [0.2, 0.25) is 0 Å². The van der Waals surface area contributed by atoms with E-state index in [0.29, 0.717) is 16.9 Å². The predicted molar refractivity (Wildman–Crippen MR) is 85.7 cm³/mol. The van der Waals surface area contributed by atoms with Crippen LogP contribution in [0.1, 0.15) is 73.6 Å². The number of hydrogen-bond acceptors (Lipinski definition) is 2. The van der Waals surface area contributed by atoms with Crippen LogP contribution >= 0.6 is 0 Å². The highest BCUT2D eigenvalue weighted by Crippen LogP contribution is 2.23. The third-order valence-corrected chi connectivity index (χ3v) is 3.32. The number of nitrogens with one attached hydrogen (secondary N) is 1. The number of rotatable bonds is 9. The molecule has 2 nitrogen and oxygen atoms in total. The molecule has 0 rings (SSSR count). The third kappa shape index (κ3) is 14.1. The first kappa shape index (κ1) is 18.9. The van der Waals surface area contributed by atoms with Crippen LogP contribution in [0.4, 0.5) is 0 Å². The molecule has 0 aliphatic heterocycles. The lowest BCUT2D eigenvalue weighted by molar-refractivity contribution is 0.0814.